The van der Waals surface area contributed by atoms with Crippen molar-refractivity contribution in [2.24, 2.45) is 0 Å². The van der Waals surface area contributed by atoms with E-state index < -0.39 is 0 Å². The Morgan fingerprint density at radius 2 is 2.14 bits per heavy atom. The predicted octanol–water partition coefficient (Wildman–Crippen LogP) is 2.48. The topological polar surface area (TPSA) is 52.1 Å². The summed E-state index contributed by atoms with van der Waals surface area (Å²) in [5.74, 6) is 1.08. The van der Waals surface area contributed by atoms with Crippen LogP contribution < -0.4 is 0 Å². The number of fused-ring (bicyclic) bond motifs is 1. The van der Waals surface area contributed by atoms with Gasteiger partial charge < -0.3 is 8.83 Å². The molecule has 0 saturated carbocycles. The summed E-state index contributed by atoms with van der Waals surface area (Å²) in [5.41, 5.74) is 1.26. The Balaban J connectivity index is 2.24. The normalized spacial score (nSPS) is 10.9. The summed E-state index contributed by atoms with van der Waals surface area (Å²) in [6.45, 7) is 0. The van der Waals surface area contributed by atoms with Crippen LogP contribution in [0.5, 0.6) is 0 Å². The lowest BCUT2D eigenvalue weighted by Crippen LogP contribution is -1.71. The summed E-state index contributed by atoms with van der Waals surface area (Å²) in [7, 11) is 0. The zero-order chi connectivity index (χ0) is 9.38. The van der Waals surface area contributed by atoms with E-state index in [2.05, 4.69) is 9.97 Å². The van der Waals surface area contributed by atoms with Gasteiger partial charge in [-0.05, 0) is 24.3 Å². The molecule has 0 unspecified atom stereocenters. The first kappa shape index (κ1) is 7.32. The Kier molecular flexibility index (Phi) is 1.41. The van der Waals surface area contributed by atoms with Crippen molar-refractivity contribution >= 4 is 11.2 Å². The Bertz CT molecular complexity index is 521. The van der Waals surface area contributed by atoms with Crippen molar-refractivity contribution < 1.29 is 8.83 Å². The lowest BCUT2D eigenvalue weighted by atomic mass is 10.4. The second-order valence-electron chi connectivity index (χ2n) is 2.82. The van der Waals surface area contributed by atoms with E-state index in [1.54, 1.807) is 24.6 Å². The zero-order valence-corrected chi connectivity index (χ0v) is 7.18. The monoisotopic (exact) mass is 186 g/mol. The summed E-state index contributed by atoms with van der Waals surface area (Å²) in [6.07, 6.45) is 3.25. The van der Waals surface area contributed by atoms with E-state index in [0.29, 0.717) is 17.4 Å². The first-order chi connectivity index (χ1) is 6.93. The van der Waals surface area contributed by atoms with Crippen molar-refractivity contribution in [3.8, 4) is 11.7 Å². The van der Waals surface area contributed by atoms with Crippen LogP contribution in [0, 0.1) is 0 Å². The van der Waals surface area contributed by atoms with Gasteiger partial charge in [0.05, 0.1) is 6.26 Å². The predicted molar refractivity (Wildman–Crippen MR) is 49.5 cm³/mol. The lowest BCUT2D eigenvalue weighted by molar-refractivity contribution is 0.531. The number of hydrogen-bond donors (Lipinski definition) is 0. The number of nitrogens with zero attached hydrogens (tertiary/aromatic N) is 2. The molecule has 3 aromatic rings. The van der Waals surface area contributed by atoms with Gasteiger partial charge in [-0.25, -0.2) is 9.97 Å². The fourth-order valence-electron chi connectivity index (χ4n) is 1.28. The highest BCUT2D eigenvalue weighted by Gasteiger charge is 2.09. The lowest BCUT2D eigenvalue weighted by Gasteiger charge is -1.83. The smallest absolute Gasteiger partial charge is 0.265 e. The van der Waals surface area contributed by atoms with Crippen molar-refractivity contribution in [1.29, 1.82) is 0 Å². The molecule has 3 heterocycles. The molecule has 0 aliphatic heterocycles. The summed E-state index contributed by atoms with van der Waals surface area (Å²) in [4.78, 5) is 8.27. The Morgan fingerprint density at radius 3 is 2.93 bits per heavy atom. The molecule has 0 aromatic carbocycles. The Hall–Kier alpha value is -2.10. The largest absolute Gasteiger partial charge is 0.459 e. The molecule has 0 radical (unpaired) electrons. The molecule has 14 heavy (non-hydrogen) atoms. The summed E-state index contributed by atoms with van der Waals surface area (Å²) >= 11 is 0. The number of oxazole rings is 1. The Morgan fingerprint density at radius 1 is 1.14 bits per heavy atom. The van der Waals surface area contributed by atoms with Gasteiger partial charge >= 0.3 is 0 Å². The van der Waals surface area contributed by atoms with Crippen LogP contribution in [0.15, 0.2) is 45.6 Å². The number of rotatable bonds is 1. The third kappa shape index (κ3) is 1.01. The van der Waals surface area contributed by atoms with Crippen molar-refractivity contribution in [3.63, 3.8) is 0 Å². The van der Waals surface area contributed by atoms with Gasteiger partial charge in [-0.1, -0.05) is 0 Å². The molecule has 0 aliphatic rings. The van der Waals surface area contributed by atoms with Gasteiger partial charge in [0.15, 0.2) is 5.76 Å². The average Bonchev–Trinajstić information content (AvgIpc) is 2.86. The van der Waals surface area contributed by atoms with Crippen LogP contribution in [0.25, 0.3) is 22.9 Å². The van der Waals surface area contributed by atoms with E-state index in [4.69, 9.17) is 8.83 Å². The van der Waals surface area contributed by atoms with Crippen molar-refractivity contribution in [3.05, 3.63) is 36.7 Å². The maximum absolute atomic E-state index is 5.40. The van der Waals surface area contributed by atoms with Crippen LogP contribution >= 0.6 is 0 Å². The minimum atomic E-state index is 0.462. The van der Waals surface area contributed by atoms with Gasteiger partial charge in [0.2, 0.25) is 5.71 Å². The molecular formula is C10H6N2O2. The van der Waals surface area contributed by atoms with E-state index in [1.807, 2.05) is 12.1 Å². The third-order valence-electron chi connectivity index (χ3n) is 1.90. The molecule has 4 nitrogen and oxygen atoms in total. The van der Waals surface area contributed by atoms with Crippen LogP contribution in [-0.4, -0.2) is 9.97 Å². The average molecular weight is 186 g/mol. The molecule has 0 bridgehead atoms. The highest BCUT2D eigenvalue weighted by Crippen LogP contribution is 2.22. The molecule has 0 atom stereocenters. The van der Waals surface area contributed by atoms with Gasteiger partial charge in [0.25, 0.3) is 5.89 Å². The first-order valence-corrected chi connectivity index (χ1v) is 4.19. The van der Waals surface area contributed by atoms with Gasteiger partial charge in [0, 0.05) is 6.20 Å². The van der Waals surface area contributed by atoms with E-state index in [0.717, 1.165) is 5.52 Å². The SMILES string of the molecule is c1coc(-c2nc3cccnc3o2)c1. The minimum absolute atomic E-state index is 0.462. The van der Waals surface area contributed by atoms with Gasteiger partial charge in [-0.2, -0.15) is 0 Å². The molecule has 3 rings (SSSR count). The second kappa shape index (κ2) is 2.70. The number of pyridine rings is 1. The maximum Gasteiger partial charge on any atom is 0.265 e. The fourth-order valence-corrected chi connectivity index (χ4v) is 1.28. The standard InChI is InChI=1S/C10H6N2O2/c1-3-7-9(11-5-1)14-10(12-7)8-4-2-6-13-8/h1-6H. The van der Waals surface area contributed by atoms with Crippen molar-refractivity contribution in [2.45, 2.75) is 0 Å². The number of aromatic nitrogens is 2. The molecule has 0 saturated heterocycles. The van der Waals surface area contributed by atoms with Crippen molar-refractivity contribution in [2.75, 3.05) is 0 Å². The minimum Gasteiger partial charge on any atom is -0.459 e. The van der Waals surface area contributed by atoms with Crippen LogP contribution in [0.3, 0.4) is 0 Å². The molecule has 68 valence electrons. The molecule has 0 fully saturated rings. The number of furan rings is 1. The molecule has 4 heteroatoms. The molecule has 0 amide bonds. The van der Waals surface area contributed by atoms with E-state index >= 15 is 0 Å². The van der Waals surface area contributed by atoms with Crippen molar-refractivity contribution in [1.82, 2.24) is 9.97 Å². The highest BCUT2D eigenvalue weighted by molar-refractivity contribution is 5.70. The fraction of sp³-hybridized carbons (Fsp3) is 0. The maximum atomic E-state index is 5.40. The zero-order valence-electron chi connectivity index (χ0n) is 7.18. The van der Waals surface area contributed by atoms with E-state index in [-0.39, 0.29) is 0 Å². The van der Waals surface area contributed by atoms with Crippen LogP contribution in [0.2, 0.25) is 0 Å². The van der Waals surface area contributed by atoms with Gasteiger partial charge in [-0.15, -0.1) is 0 Å². The quantitative estimate of drug-likeness (QED) is 0.585. The molecular weight excluding hydrogens is 180 g/mol. The van der Waals surface area contributed by atoms with Crippen LogP contribution in [0.4, 0.5) is 0 Å². The third-order valence-corrected chi connectivity index (χ3v) is 1.90. The molecule has 3 aromatic heterocycles. The van der Waals surface area contributed by atoms with Gasteiger partial charge in [-0.3, -0.25) is 0 Å². The van der Waals surface area contributed by atoms with Crippen LogP contribution in [0.1, 0.15) is 0 Å². The summed E-state index contributed by atoms with van der Waals surface area (Å²) in [6, 6.07) is 7.25. The first-order valence-electron chi connectivity index (χ1n) is 4.19. The van der Waals surface area contributed by atoms with E-state index in [1.165, 1.54) is 0 Å². The second-order valence-corrected chi connectivity index (χ2v) is 2.82. The summed E-state index contributed by atoms with van der Waals surface area (Å²) in [5, 5.41) is 0. The van der Waals surface area contributed by atoms with Crippen LogP contribution in [-0.2, 0) is 0 Å². The van der Waals surface area contributed by atoms with Gasteiger partial charge in [0.1, 0.15) is 5.52 Å². The Labute approximate surface area is 79.2 Å². The summed E-state index contributed by atoms with van der Waals surface area (Å²) < 4.78 is 10.6. The molecule has 0 aliphatic carbocycles. The number of hydrogen-bond acceptors (Lipinski definition) is 4. The highest BCUT2D eigenvalue weighted by atomic mass is 16.4. The molecule has 0 spiro atoms. The molecule has 0 N–H and O–H groups in total. The van der Waals surface area contributed by atoms with E-state index in [9.17, 15) is 0 Å².